The molecule has 0 saturated carbocycles. The molecule has 1 aliphatic heterocycles. The third kappa shape index (κ3) is 2.77. The summed E-state index contributed by atoms with van der Waals surface area (Å²) in [5.41, 5.74) is 6.24. The van der Waals surface area contributed by atoms with Gasteiger partial charge in [-0.05, 0) is 67.6 Å². The van der Waals surface area contributed by atoms with E-state index < -0.39 is 0 Å². The number of hydrogen-bond donors (Lipinski definition) is 2. The summed E-state index contributed by atoms with van der Waals surface area (Å²) in [7, 11) is 0. The smallest absolute Gasteiger partial charge is 0.255 e. The average molecular weight is 280 g/mol. The molecule has 1 amide bonds. The van der Waals surface area contributed by atoms with Gasteiger partial charge in [0.15, 0.2) is 0 Å². The molecule has 0 fully saturated rings. The van der Waals surface area contributed by atoms with Gasteiger partial charge in [-0.25, -0.2) is 0 Å². The Bertz CT molecular complexity index is 692. The topological polar surface area (TPSA) is 41.1 Å². The zero-order chi connectivity index (χ0) is 14.8. The summed E-state index contributed by atoms with van der Waals surface area (Å²) in [6.07, 6.45) is 2.21. The van der Waals surface area contributed by atoms with Gasteiger partial charge in [-0.3, -0.25) is 4.79 Å². The van der Waals surface area contributed by atoms with Crippen molar-refractivity contribution in [2.24, 2.45) is 0 Å². The van der Waals surface area contributed by atoms with Crippen molar-refractivity contribution in [3.05, 3.63) is 58.7 Å². The molecule has 0 atom stereocenters. The molecule has 0 unspecified atom stereocenters. The maximum absolute atomic E-state index is 12.4. The van der Waals surface area contributed by atoms with E-state index in [1.165, 1.54) is 11.3 Å². The van der Waals surface area contributed by atoms with Crippen LogP contribution in [0.1, 0.15) is 33.5 Å². The molecule has 0 aliphatic carbocycles. The van der Waals surface area contributed by atoms with Crippen molar-refractivity contribution in [2.45, 2.75) is 26.7 Å². The van der Waals surface area contributed by atoms with Crippen molar-refractivity contribution in [3.8, 4) is 0 Å². The van der Waals surface area contributed by atoms with Gasteiger partial charge in [0.1, 0.15) is 0 Å². The van der Waals surface area contributed by atoms with Gasteiger partial charge in [0, 0.05) is 23.5 Å². The fraction of sp³-hybridized carbons (Fsp3) is 0.278. The third-order valence-corrected chi connectivity index (χ3v) is 4.15. The van der Waals surface area contributed by atoms with E-state index in [0.717, 1.165) is 41.8 Å². The van der Waals surface area contributed by atoms with Gasteiger partial charge in [0.2, 0.25) is 0 Å². The Labute approximate surface area is 125 Å². The van der Waals surface area contributed by atoms with Crippen LogP contribution in [0.5, 0.6) is 0 Å². The number of aryl methyl sites for hydroxylation is 2. The zero-order valence-electron chi connectivity index (χ0n) is 12.5. The molecule has 3 heteroatoms. The minimum Gasteiger partial charge on any atom is -0.385 e. The lowest BCUT2D eigenvalue weighted by Gasteiger charge is -2.19. The summed E-state index contributed by atoms with van der Waals surface area (Å²) in [5.74, 6) is -0.0417. The Balaban J connectivity index is 1.83. The predicted octanol–water partition coefficient (Wildman–Crippen LogP) is 3.91. The molecule has 0 spiro atoms. The van der Waals surface area contributed by atoms with Gasteiger partial charge in [-0.15, -0.1) is 0 Å². The first-order chi connectivity index (χ1) is 10.1. The van der Waals surface area contributed by atoms with E-state index >= 15 is 0 Å². The number of benzene rings is 2. The van der Waals surface area contributed by atoms with E-state index in [1.54, 1.807) is 0 Å². The summed E-state index contributed by atoms with van der Waals surface area (Å²) >= 11 is 0. The second kappa shape index (κ2) is 5.60. The first kappa shape index (κ1) is 13.7. The minimum atomic E-state index is -0.0417. The average Bonchev–Trinajstić information content (AvgIpc) is 2.50. The summed E-state index contributed by atoms with van der Waals surface area (Å²) in [4.78, 5) is 12.4. The highest BCUT2D eigenvalue weighted by Crippen LogP contribution is 2.25. The van der Waals surface area contributed by atoms with Gasteiger partial charge in [0.25, 0.3) is 5.91 Å². The molecule has 1 heterocycles. The molecule has 2 aromatic rings. The predicted molar refractivity (Wildman–Crippen MR) is 87.1 cm³/mol. The largest absolute Gasteiger partial charge is 0.385 e. The van der Waals surface area contributed by atoms with Crippen LogP contribution in [0.4, 0.5) is 11.4 Å². The highest BCUT2D eigenvalue weighted by atomic mass is 16.1. The van der Waals surface area contributed by atoms with Crippen molar-refractivity contribution >= 4 is 17.3 Å². The molecule has 0 radical (unpaired) electrons. The number of nitrogens with one attached hydrogen (secondary N) is 2. The van der Waals surface area contributed by atoms with Crippen LogP contribution in [0.25, 0.3) is 0 Å². The zero-order valence-corrected chi connectivity index (χ0v) is 12.5. The fourth-order valence-corrected chi connectivity index (χ4v) is 2.75. The monoisotopic (exact) mass is 280 g/mol. The number of hydrogen-bond acceptors (Lipinski definition) is 2. The van der Waals surface area contributed by atoms with Crippen LogP contribution in [-0.4, -0.2) is 12.5 Å². The molecule has 108 valence electrons. The van der Waals surface area contributed by atoms with Crippen LogP contribution in [0.3, 0.4) is 0 Å². The standard InChI is InChI=1S/C18H20N2O/c1-12-5-3-7-16(13(12)2)18(21)20-15-8-9-17-14(11-15)6-4-10-19-17/h3,5,7-9,11,19H,4,6,10H2,1-2H3,(H,20,21). The molecule has 21 heavy (non-hydrogen) atoms. The van der Waals surface area contributed by atoms with Gasteiger partial charge < -0.3 is 10.6 Å². The van der Waals surface area contributed by atoms with Crippen LogP contribution < -0.4 is 10.6 Å². The molecule has 3 nitrogen and oxygen atoms in total. The summed E-state index contributed by atoms with van der Waals surface area (Å²) in [5, 5.41) is 6.39. The van der Waals surface area contributed by atoms with Crippen LogP contribution >= 0.6 is 0 Å². The fourth-order valence-electron chi connectivity index (χ4n) is 2.75. The lowest BCUT2D eigenvalue weighted by atomic mass is 10.0. The van der Waals surface area contributed by atoms with Crippen LogP contribution in [0, 0.1) is 13.8 Å². The SMILES string of the molecule is Cc1cccc(C(=O)Nc2ccc3c(c2)CCCN3)c1C. The Morgan fingerprint density at radius 3 is 2.90 bits per heavy atom. The number of carbonyl (C=O) groups is 1. The first-order valence-corrected chi connectivity index (χ1v) is 7.39. The van der Waals surface area contributed by atoms with Crippen LogP contribution in [-0.2, 0) is 6.42 Å². The first-order valence-electron chi connectivity index (χ1n) is 7.39. The van der Waals surface area contributed by atoms with E-state index in [9.17, 15) is 4.79 Å². The minimum absolute atomic E-state index is 0.0417. The van der Waals surface area contributed by atoms with Gasteiger partial charge in [-0.2, -0.15) is 0 Å². The summed E-state index contributed by atoms with van der Waals surface area (Å²) in [6.45, 7) is 5.04. The van der Waals surface area contributed by atoms with Crippen molar-refractivity contribution in [1.82, 2.24) is 0 Å². The lowest BCUT2D eigenvalue weighted by molar-refractivity contribution is 0.102. The number of rotatable bonds is 2. The number of amides is 1. The van der Waals surface area contributed by atoms with Gasteiger partial charge in [-0.1, -0.05) is 12.1 Å². The maximum Gasteiger partial charge on any atom is 0.255 e. The number of anilines is 2. The quantitative estimate of drug-likeness (QED) is 0.875. The Kier molecular flexibility index (Phi) is 3.65. The third-order valence-electron chi connectivity index (χ3n) is 4.15. The van der Waals surface area contributed by atoms with E-state index in [2.05, 4.69) is 16.7 Å². The maximum atomic E-state index is 12.4. The highest BCUT2D eigenvalue weighted by Gasteiger charge is 2.13. The van der Waals surface area contributed by atoms with E-state index in [-0.39, 0.29) is 5.91 Å². The molecule has 3 rings (SSSR count). The lowest BCUT2D eigenvalue weighted by Crippen LogP contribution is -2.15. The van der Waals surface area contributed by atoms with E-state index in [4.69, 9.17) is 0 Å². The van der Waals surface area contributed by atoms with Crippen molar-refractivity contribution < 1.29 is 4.79 Å². The highest BCUT2D eigenvalue weighted by molar-refractivity contribution is 6.05. The van der Waals surface area contributed by atoms with Gasteiger partial charge in [0.05, 0.1) is 0 Å². The molecular weight excluding hydrogens is 260 g/mol. The van der Waals surface area contributed by atoms with Crippen molar-refractivity contribution in [3.63, 3.8) is 0 Å². The van der Waals surface area contributed by atoms with Gasteiger partial charge >= 0.3 is 0 Å². The number of fused-ring (bicyclic) bond motifs is 1. The van der Waals surface area contributed by atoms with Crippen LogP contribution in [0.15, 0.2) is 36.4 Å². The van der Waals surface area contributed by atoms with Crippen molar-refractivity contribution in [1.29, 1.82) is 0 Å². The number of carbonyl (C=O) groups excluding carboxylic acids is 1. The molecular formula is C18H20N2O. The van der Waals surface area contributed by atoms with Crippen molar-refractivity contribution in [2.75, 3.05) is 17.2 Å². The molecule has 2 aromatic carbocycles. The Morgan fingerprint density at radius 1 is 1.19 bits per heavy atom. The Hall–Kier alpha value is -2.29. The molecule has 2 N–H and O–H groups in total. The Morgan fingerprint density at radius 2 is 2.05 bits per heavy atom. The van der Waals surface area contributed by atoms with E-state index in [0.29, 0.717) is 0 Å². The summed E-state index contributed by atoms with van der Waals surface area (Å²) in [6, 6.07) is 11.9. The molecule has 0 aromatic heterocycles. The second-order valence-electron chi connectivity index (χ2n) is 5.60. The normalized spacial score (nSPS) is 13.2. The molecule has 1 aliphatic rings. The molecule has 0 saturated heterocycles. The van der Waals surface area contributed by atoms with E-state index in [1.807, 2.05) is 44.2 Å². The second-order valence-corrected chi connectivity index (χ2v) is 5.60. The molecule has 0 bridgehead atoms. The summed E-state index contributed by atoms with van der Waals surface area (Å²) < 4.78 is 0. The van der Waals surface area contributed by atoms with Crippen LogP contribution in [0.2, 0.25) is 0 Å².